The van der Waals surface area contributed by atoms with E-state index in [9.17, 15) is 13.7 Å². The first kappa shape index (κ1) is 17.1. The average molecular weight is 363 g/mol. The summed E-state index contributed by atoms with van der Waals surface area (Å²) in [5.74, 6) is 0. The maximum atomic E-state index is 12.6. The van der Waals surface area contributed by atoms with Crippen molar-refractivity contribution in [3.8, 4) is 12.1 Å². The molecule has 0 saturated heterocycles. The van der Waals surface area contributed by atoms with Gasteiger partial charge >= 0.3 is 0 Å². The summed E-state index contributed by atoms with van der Waals surface area (Å²) in [6.45, 7) is 0. The van der Waals surface area contributed by atoms with Crippen LogP contribution in [0.1, 0.15) is 11.1 Å². The highest BCUT2D eigenvalue weighted by atomic mass is 35.5. The van der Waals surface area contributed by atoms with Crippen molar-refractivity contribution in [3.05, 3.63) is 68.5 Å². The Morgan fingerprint density at radius 2 is 1.83 bits per heavy atom. The molecule has 0 fully saturated rings. The number of hydrogen-bond acceptors (Lipinski definition) is 4. The molecule has 0 amide bonds. The molecule has 0 N–H and O–H groups in total. The van der Waals surface area contributed by atoms with Crippen molar-refractivity contribution in [2.45, 2.75) is 4.90 Å². The van der Waals surface area contributed by atoms with E-state index in [1.54, 1.807) is 24.3 Å². The van der Waals surface area contributed by atoms with E-state index in [4.69, 9.17) is 28.5 Å². The lowest BCUT2D eigenvalue weighted by molar-refractivity contribution is 0.603. The van der Waals surface area contributed by atoms with Gasteiger partial charge in [0, 0.05) is 5.02 Å². The van der Waals surface area contributed by atoms with Crippen LogP contribution in [0, 0.1) is 22.7 Å². The Labute approximate surface area is 143 Å². The van der Waals surface area contributed by atoms with Crippen molar-refractivity contribution in [1.29, 1.82) is 10.5 Å². The van der Waals surface area contributed by atoms with Gasteiger partial charge in [0.05, 0.1) is 21.6 Å². The largest absolute Gasteiger partial charge is 0.218 e. The normalized spacial score (nSPS) is 11.6. The van der Waals surface area contributed by atoms with Gasteiger partial charge in [-0.3, -0.25) is 0 Å². The first-order valence-corrected chi connectivity index (χ1v) is 8.44. The van der Waals surface area contributed by atoms with Crippen LogP contribution >= 0.6 is 23.2 Å². The first-order chi connectivity index (χ1) is 10.9. The van der Waals surface area contributed by atoms with Gasteiger partial charge in [-0.25, -0.2) is 8.42 Å². The molecule has 0 heterocycles. The molecule has 0 aliphatic carbocycles. The van der Waals surface area contributed by atoms with Crippen molar-refractivity contribution < 1.29 is 8.42 Å². The molecular weight excluding hydrogens is 355 g/mol. The Balaban J connectivity index is 2.60. The molecule has 7 heteroatoms. The van der Waals surface area contributed by atoms with Gasteiger partial charge in [0.15, 0.2) is 0 Å². The molecule has 0 atom stereocenters. The van der Waals surface area contributed by atoms with Crippen LogP contribution in [-0.2, 0) is 9.84 Å². The van der Waals surface area contributed by atoms with Gasteiger partial charge in [-0.05, 0) is 42.0 Å². The van der Waals surface area contributed by atoms with Gasteiger partial charge in [0.2, 0.25) is 9.84 Å². The SMILES string of the molecule is N#C/C(=C\c1cccc(C#N)c1)S(=O)(=O)c1cc(Cl)ccc1Cl. The molecule has 0 radical (unpaired) electrons. The highest BCUT2D eigenvalue weighted by Gasteiger charge is 2.24. The van der Waals surface area contributed by atoms with Crippen LogP contribution in [0.4, 0.5) is 0 Å². The minimum absolute atomic E-state index is 0.0266. The van der Waals surface area contributed by atoms with Crippen molar-refractivity contribution in [3.63, 3.8) is 0 Å². The molecular formula is C16H8Cl2N2O2S. The van der Waals surface area contributed by atoms with E-state index < -0.39 is 14.7 Å². The molecule has 2 aromatic carbocycles. The van der Waals surface area contributed by atoms with Crippen molar-refractivity contribution >= 4 is 39.1 Å². The number of allylic oxidation sites excluding steroid dienone is 1. The lowest BCUT2D eigenvalue weighted by Crippen LogP contribution is -2.04. The zero-order chi connectivity index (χ0) is 17.0. The second-order valence-corrected chi connectivity index (χ2v) is 7.17. The van der Waals surface area contributed by atoms with E-state index >= 15 is 0 Å². The fourth-order valence-electron chi connectivity index (χ4n) is 1.82. The second-order valence-electron chi connectivity index (χ2n) is 4.44. The van der Waals surface area contributed by atoms with Crippen molar-refractivity contribution in [2.24, 2.45) is 0 Å². The fourth-order valence-corrected chi connectivity index (χ4v) is 3.74. The maximum absolute atomic E-state index is 12.6. The maximum Gasteiger partial charge on any atom is 0.218 e. The zero-order valence-corrected chi connectivity index (χ0v) is 13.8. The van der Waals surface area contributed by atoms with Crippen LogP contribution in [-0.4, -0.2) is 8.42 Å². The summed E-state index contributed by atoms with van der Waals surface area (Å²) in [6.07, 6.45) is 1.19. The molecule has 0 aliphatic rings. The molecule has 4 nitrogen and oxygen atoms in total. The van der Waals surface area contributed by atoms with Crippen LogP contribution in [0.3, 0.4) is 0 Å². The lowest BCUT2D eigenvalue weighted by Gasteiger charge is -2.06. The summed E-state index contributed by atoms with van der Waals surface area (Å²) in [6, 6.07) is 13.8. The molecule has 0 aromatic heterocycles. The second kappa shape index (κ2) is 6.85. The summed E-state index contributed by atoms with van der Waals surface area (Å²) in [5, 5.41) is 18.3. The number of sulfone groups is 1. The Hall–Kier alpha value is -2.31. The van der Waals surface area contributed by atoms with Crippen LogP contribution in [0.25, 0.3) is 6.08 Å². The summed E-state index contributed by atoms with van der Waals surface area (Å²) >= 11 is 11.7. The number of benzene rings is 2. The number of nitriles is 2. The van der Waals surface area contributed by atoms with Crippen LogP contribution in [0.15, 0.2) is 52.3 Å². The van der Waals surface area contributed by atoms with Gasteiger partial charge in [-0.15, -0.1) is 0 Å². The third-order valence-corrected chi connectivity index (χ3v) is 5.28. The minimum Gasteiger partial charge on any atom is -0.218 e. The third kappa shape index (κ3) is 3.72. The van der Waals surface area contributed by atoms with Crippen molar-refractivity contribution in [2.75, 3.05) is 0 Å². The lowest BCUT2D eigenvalue weighted by atomic mass is 10.1. The number of nitrogens with zero attached hydrogens (tertiary/aromatic N) is 2. The summed E-state index contributed by atoms with van der Waals surface area (Å²) < 4.78 is 25.2. The molecule has 2 rings (SSSR count). The Morgan fingerprint density at radius 3 is 2.48 bits per heavy atom. The van der Waals surface area contributed by atoms with E-state index in [2.05, 4.69) is 0 Å². The van der Waals surface area contributed by atoms with Crippen LogP contribution in [0.5, 0.6) is 0 Å². The predicted octanol–water partition coefficient (Wildman–Crippen LogP) is 4.20. The van der Waals surface area contributed by atoms with E-state index in [0.717, 1.165) is 0 Å². The first-order valence-electron chi connectivity index (χ1n) is 6.20. The monoisotopic (exact) mass is 362 g/mol. The summed E-state index contributed by atoms with van der Waals surface area (Å²) in [7, 11) is -4.12. The van der Waals surface area contributed by atoms with E-state index in [-0.39, 0.29) is 14.9 Å². The zero-order valence-electron chi connectivity index (χ0n) is 11.5. The van der Waals surface area contributed by atoms with Gasteiger partial charge in [0.1, 0.15) is 11.0 Å². The van der Waals surface area contributed by atoms with Crippen LogP contribution < -0.4 is 0 Å². The number of hydrogen-bond donors (Lipinski definition) is 0. The highest BCUT2D eigenvalue weighted by molar-refractivity contribution is 7.95. The van der Waals surface area contributed by atoms with Crippen LogP contribution in [0.2, 0.25) is 10.0 Å². The minimum atomic E-state index is -4.12. The van der Waals surface area contributed by atoms with Crippen molar-refractivity contribution in [1.82, 2.24) is 0 Å². The summed E-state index contributed by atoms with van der Waals surface area (Å²) in [4.78, 5) is -0.729. The van der Waals surface area contributed by atoms with E-state index in [1.807, 2.05) is 6.07 Å². The molecule has 0 saturated carbocycles. The Bertz CT molecular complexity index is 984. The Kier molecular flexibility index (Phi) is 5.08. The van der Waals surface area contributed by atoms with Gasteiger partial charge < -0.3 is 0 Å². The van der Waals surface area contributed by atoms with Gasteiger partial charge in [-0.1, -0.05) is 35.3 Å². The third-order valence-electron chi connectivity index (χ3n) is 2.90. The standard InChI is InChI=1S/C16H8Cl2N2O2S/c17-13-4-5-15(18)16(8-13)23(21,22)14(10-20)7-11-2-1-3-12(6-11)9-19/h1-8H/b14-7+. The number of rotatable bonds is 3. The molecule has 0 unspecified atom stereocenters. The summed E-state index contributed by atoms with van der Waals surface area (Å²) in [5.41, 5.74) is 0.775. The topological polar surface area (TPSA) is 81.7 Å². The van der Waals surface area contributed by atoms with E-state index in [0.29, 0.717) is 11.1 Å². The van der Waals surface area contributed by atoms with E-state index in [1.165, 1.54) is 30.3 Å². The average Bonchev–Trinajstić information content (AvgIpc) is 2.54. The van der Waals surface area contributed by atoms with Gasteiger partial charge in [-0.2, -0.15) is 10.5 Å². The molecule has 114 valence electrons. The predicted molar refractivity (Wildman–Crippen MR) is 88.4 cm³/mol. The molecule has 2 aromatic rings. The quantitative estimate of drug-likeness (QED) is 0.765. The highest BCUT2D eigenvalue weighted by Crippen LogP contribution is 2.30. The molecule has 0 bridgehead atoms. The van der Waals surface area contributed by atoms with Gasteiger partial charge in [0.25, 0.3) is 0 Å². The molecule has 0 aliphatic heterocycles. The fraction of sp³-hybridized carbons (Fsp3) is 0. The molecule has 0 spiro atoms. The smallest absolute Gasteiger partial charge is 0.218 e. The Morgan fingerprint density at radius 1 is 1.09 bits per heavy atom. The molecule has 23 heavy (non-hydrogen) atoms. The number of halogens is 2.